The minimum Gasteiger partial charge on any atom is -0.357 e. The van der Waals surface area contributed by atoms with E-state index in [4.69, 9.17) is 0 Å². The summed E-state index contributed by atoms with van der Waals surface area (Å²) in [4.78, 5) is 7.03. The van der Waals surface area contributed by atoms with Crippen molar-refractivity contribution >= 4 is 5.82 Å². The Hall–Kier alpha value is -1.09. The second-order valence-corrected chi connectivity index (χ2v) is 5.95. The van der Waals surface area contributed by atoms with Crippen LogP contribution in [0.15, 0.2) is 18.3 Å². The van der Waals surface area contributed by atoms with Gasteiger partial charge in [-0.15, -0.1) is 0 Å². The van der Waals surface area contributed by atoms with Crippen LogP contribution >= 0.6 is 0 Å². The third-order valence-electron chi connectivity index (χ3n) is 4.42. The molecular weight excluding hydrogens is 246 g/mol. The van der Waals surface area contributed by atoms with Crippen LogP contribution in [0.3, 0.4) is 0 Å². The van der Waals surface area contributed by atoms with Gasteiger partial charge in [-0.05, 0) is 49.9 Å². The van der Waals surface area contributed by atoms with Crippen molar-refractivity contribution in [3.05, 3.63) is 23.9 Å². The number of nitrogens with zero attached hydrogens (tertiary/aromatic N) is 2. The first kappa shape index (κ1) is 15.3. The average molecular weight is 275 g/mol. The van der Waals surface area contributed by atoms with Crippen molar-refractivity contribution in [1.29, 1.82) is 0 Å². The molecule has 3 heteroatoms. The van der Waals surface area contributed by atoms with E-state index in [0.717, 1.165) is 31.4 Å². The van der Waals surface area contributed by atoms with E-state index in [9.17, 15) is 0 Å². The lowest BCUT2D eigenvalue weighted by Gasteiger charge is -2.33. The maximum Gasteiger partial charge on any atom is 0.128 e. The van der Waals surface area contributed by atoms with Gasteiger partial charge in [0.25, 0.3) is 0 Å². The molecule has 0 spiro atoms. The first-order valence-corrected chi connectivity index (χ1v) is 8.18. The lowest BCUT2D eigenvalue weighted by Crippen LogP contribution is -2.34. The number of hydrogen-bond donors (Lipinski definition) is 1. The van der Waals surface area contributed by atoms with Crippen molar-refractivity contribution in [2.24, 2.45) is 5.92 Å². The van der Waals surface area contributed by atoms with Crippen LogP contribution in [0.2, 0.25) is 0 Å². The summed E-state index contributed by atoms with van der Waals surface area (Å²) in [7, 11) is 0. The topological polar surface area (TPSA) is 28.2 Å². The second-order valence-electron chi connectivity index (χ2n) is 5.95. The third-order valence-corrected chi connectivity index (χ3v) is 4.42. The Bertz CT molecular complexity index is 397. The average Bonchev–Trinajstić information content (AvgIpc) is 2.49. The Morgan fingerprint density at radius 2 is 2.10 bits per heavy atom. The molecule has 1 unspecified atom stereocenters. The van der Waals surface area contributed by atoms with Crippen LogP contribution in [0.5, 0.6) is 0 Å². The van der Waals surface area contributed by atoms with Crippen LogP contribution in [0, 0.1) is 5.92 Å². The Balaban J connectivity index is 1.98. The number of aromatic nitrogens is 1. The molecule has 1 aliphatic rings. The van der Waals surface area contributed by atoms with E-state index >= 15 is 0 Å². The summed E-state index contributed by atoms with van der Waals surface area (Å²) in [5.41, 5.74) is 1.34. The zero-order valence-electron chi connectivity index (χ0n) is 13.2. The van der Waals surface area contributed by atoms with Gasteiger partial charge in [-0.25, -0.2) is 4.98 Å². The number of hydrogen-bond acceptors (Lipinski definition) is 3. The maximum absolute atomic E-state index is 4.57. The van der Waals surface area contributed by atoms with Crippen molar-refractivity contribution in [2.75, 3.05) is 24.5 Å². The van der Waals surface area contributed by atoms with Crippen molar-refractivity contribution < 1.29 is 0 Å². The van der Waals surface area contributed by atoms with Gasteiger partial charge in [-0.1, -0.05) is 26.7 Å². The summed E-state index contributed by atoms with van der Waals surface area (Å²) < 4.78 is 0. The van der Waals surface area contributed by atoms with Crippen LogP contribution in [0.25, 0.3) is 0 Å². The molecule has 1 N–H and O–H groups in total. The summed E-state index contributed by atoms with van der Waals surface area (Å²) in [6.07, 6.45) is 7.30. The molecule has 2 heterocycles. The van der Waals surface area contributed by atoms with Crippen LogP contribution in [-0.4, -0.2) is 24.6 Å². The number of pyridine rings is 1. The molecule has 3 nitrogen and oxygen atoms in total. The van der Waals surface area contributed by atoms with Crippen LogP contribution in [0.1, 0.15) is 58.1 Å². The summed E-state index contributed by atoms with van der Waals surface area (Å²) in [6, 6.07) is 4.79. The molecule has 1 fully saturated rings. The van der Waals surface area contributed by atoms with E-state index in [2.05, 4.69) is 48.1 Å². The normalized spacial score (nSPS) is 18.2. The predicted octanol–water partition coefficient (Wildman–Crippen LogP) is 3.77. The highest BCUT2D eigenvalue weighted by Crippen LogP contribution is 2.26. The Kier molecular flexibility index (Phi) is 5.84. The second kappa shape index (κ2) is 7.63. The molecule has 0 aliphatic carbocycles. The summed E-state index contributed by atoms with van der Waals surface area (Å²) >= 11 is 0. The Morgan fingerprint density at radius 3 is 2.75 bits per heavy atom. The third kappa shape index (κ3) is 3.95. The molecule has 0 bridgehead atoms. The van der Waals surface area contributed by atoms with Crippen molar-refractivity contribution in [3.8, 4) is 0 Å². The van der Waals surface area contributed by atoms with Crippen LogP contribution in [0.4, 0.5) is 5.82 Å². The molecule has 1 aromatic rings. The standard InChI is InChI=1S/C17H29N3/c1-4-6-15-8-11-20(12-9-15)17-13-16(7-10-19-17)14(3)18-5-2/h7,10,13-15,18H,4-6,8-9,11-12H2,1-3H3. The van der Waals surface area contributed by atoms with Gasteiger partial charge in [-0.3, -0.25) is 0 Å². The van der Waals surface area contributed by atoms with Crippen molar-refractivity contribution in [2.45, 2.75) is 52.5 Å². The zero-order valence-corrected chi connectivity index (χ0v) is 13.2. The van der Waals surface area contributed by atoms with Gasteiger partial charge in [0, 0.05) is 25.3 Å². The lowest BCUT2D eigenvalue weighted by molar-refractivity contribution is 0.377. The fraction of sp³-hybridized carbons (Fsp3) is 0.706. The fourth-order valence-corrected chi connectivity index (χ4v) is 3.16. The van der Waals surface area contributed by atoms with Gasteiger partial charge in [0.1, 0.15) is 5.82 Å². The molecule has 0 amide bonds. The maximum atomic E-state index is 4.57. The van der Waals surface area contributed by atoms with Crippen molar-refractivity contribution in [1.82, 2.24) is 10.3 Å². The molecule has 1 aromatic heterocycles. The van der Waals surface area contributed by atoms with E-state index < -0.39 is 0 Å². The molecule has 2 rings (SSSR count). The van der Waals surface area contributed by atoms with Crippen LogP contribution in [-0.2, 0) is 0 Å². The minimum atomic E-state index is 0.402. The van der Waals surface area contributed by atoms with Gasteiger partial charge in [0.15, 0.2) is 0 Å². The molecular formula is C17H29N3. The van der Waals surface area contributed by atoms with E-state index in [1.54, 1.807) is 0 Å². The smallest absolute Gasteiger partial charge is 0.128 e. The number of anilines is 1. The summed E-state index contributed by atoms with van der Waals surface area (Å²) in [6.45, 7) is 9.99. The summed E-state index contributed by atoms with van der Waals surface area (Å²) in [5.74, 6) is 2.09. The first-order valence-electron chi connectivity index (χ1n) is 8.18. The number of piperidine rings is 1. The number of rotatable bonds is 6. The fourth-order valence-electron chi connectivity index (χ4n) is 3.16. The van der Waals surface area contributed by atoms with E-state index in [-0.39, 0.29) is 0 Å². The van der Waals surface area contributed by atoms with Gasteiger partial charge in [0.2, 0.25) is 0 Å². The SMILES string of the molecule is CCCC1CCN(c2cc(C(C)NCC)ccn2)CC1. The number of nitrogens with one attached hydrogen (secondary N) is 1. The molecule has 1 aliphatic heterocycles. The largest absolute Gasteiger partial charge is 0.357 e. The van der Waals surface area contributed by atoms with E-state index in [1.807, 2.05) is 6.20 Å². The van der Waals surface area contributed by atoms with E-state index in [1.165, 1.54) is 31.2 Å². The lowest BCUT2D eigenvalue weighted by atomic mass is 9.92. The Morgan fingerprint density at radius 1 is 1.35 bits per heavy atom. The van der Waals surface area contributed by atoms with Gasteiger partial charge in [-0.2, -0.15) is 0 Å². The molecule has 0 radical (unpaired) electrons. The highest BCUT2D eigenvalue weighted by atomic mass is 15.2. The zero-order chi connectivity index (χ0) is 14.4. The molecule has 0 aromatic carbocycles. The van der Waals surface area contributed by atoms with E-state index in [0.29, 0.717) is 6.04 Å². The molecule has 0 saturated carbocycles. The molecule has 1 saturated heterocycles. The first-order chi connectivity index (χ1) is 9.74. The minimum absolute atomic E-state index is 0.402. The monoisotopic (exact) mass is 275 g/mol. The highest BCUT2D eigenvalue weighted by molar-refractivity contribution is 5.42. The van der Waals surface area contributed by atoms with Crippen molar-refractivity contribution in [3.63, 3.8) is 0 Å². The van der Waals surface area contributed by atoms with Gasteiger partial charge >= 0.3 is 0 Å². The molecule has 1 atom stereocenters. The Labute approximate surface area is 123 Å². The predicted molar refractivity (Wildman–Crippen MR) is 86.2 cm³/mol. The molecule has 112 valence electrons. The summed E-state index contributed by atoms with van der Waals surface area (Å²) in [5, 5.41) is 3.47. The quantitative estimate of drug-likeness (QED) is 0.856. The van der Waals surface area contributed by atoms with Gasteiger partial charge in [0.05, 0.1) is 0 Å². The van der Waals surface area contributed by atoms with Gasteiger partial charge < -0.3 is 10.2 Å². The highest BCUT2D eigenvalue weighted by Gasteiger charge is 2.19. The molecule has 20 heavy (non-hydrogen) atoms. The van der Waals surface area contributed by atoms with Crippen LogP contribution < -0.4 is 10.2 Å².